The lowest BCUT2D eigenvalue weighted by molar-refractivity contribution is 0.102. The number of hydrogen-bond donors (Lipinski definition) is 3. The standard InChI is InChI=1S/C23H20N4O2S/c1-14-10-15(2)12-18(11-14)25-22(29)24-17-8-9-20-19(13-17)26-23(30-20)27-21(28)16-6-4-3-5-7-16/h3-13H,1-2H3,(H2,24,25,29)(H,26,27,28). The SMILES string of the molecule is Cc1cc(C)cc(NC(=O)Nc2ccc3sc(NC(=O)c4ccccc4)nc3c2)c1. The normalized spacial score (nSPS) is 10.6. The van der Waals surface area contributed by atoms with Gasteiger partial charge >= 0.3 is 6.03 Å². The van der Waals surface area contributed by atoms with E-state index in [1.54, 1.807) is 18.2 Å². The van der Waals surface area contributed by atoms with E-state index in [1.165, 1.54) is 11.3 Å². The maximum Gasteiger partial charge on any atom is 0.323 e. The molecule has 4 rings (SSSR count). The molecule has 150 valence electrons. The van der Waals surface area contributed by atoms with Gasteiger partial charge in [0, 0.05) is 16.9 Å². The molecule has 0 saturated heterocycles. The van der Waals surface area contributed by atoms with Gasteiger partial charge in [0.05, 0.1) is 10.2 Å². The molecule has 0 aliphatic rings. The Morgan fingerprint density at radius 1 is 0.800 bits per heavy atom. The van der Waals surface area contributed by atoms with Crippen LogP contribution in [0.25, 0.3) is 10.2 Å². The number of amides is 3. The first-order chi connectivity index (χ1) is 14.5. The van der Waals surface area contributed by atoms with Crippen LogP contribution in [0.1, 0.15) is 21.5 Å². The molecule has 0 aliphatic heterocycles. The topological polar surface area (TPSA) is 83.1 Å². The number of anilines is 3. The van der Waals surface area contributed by atoms with Crippen molar-refractivity contribution in [1.29, 1.82) is 0 Å². The fourth-order valence-electron chi connectivity index (χ4n) is 3.16. The Bertz CT molecular complexity index is 1210. The molecule has 1 aromatic heterocycles. The first kappa shape index (κ1) is 19.6. The van der Waals surface area contributed by atoms with Crippen molar-refractivity contribution in [3.63, 3.8) is 0 Å². The van der Waals surface area contributed by atoms with Crippen LogP contribution in [0.3, 0.4) is 0 Å². The average Bonchev–Trinajstić information content (AvgIpc) is 3.09. The molecule has 7 heteroatoms. The molecule has 30 heavy (non-hydrogen) atoms. The zero-order valence-corrected chi connectivity index (χ0v) is 17.3. The highest BCUT2D eigenvalue weighted by Crippen LogP contribution is 2.28. The minimum Gasteiger partial charge on any atom is -0.308 e. The van der Waals surface area contributed by atoms with E-state index in [0.717, 1.165) is 21.5 Å². The molecule has 3 amide bonds. The summed E-state index contributed by atoms with van der Waals surface area (Å²) in [6, 6.07) is 20.0. The number of nitrogens with zero attached hydrogens (tertiary/aromatic N) is 1. The van der Waals surface area contributed by atoms with Crippen molar-refractivity contribution >= 4 is 50.0 Å². The lowest BCUT2D eigenvalue weighted by Crippen LogP contribution is -2.19. The van der Waals surface area contributed by atoms with Crippen molar-refractivity contribution in [2.24, 2.45) is 0 Å². The molecular formula is C23H20N4O2S. The highest BCUT2D eigenvalue weighted by molar-refractivity contribution is 7.22. The Morgan fingerprint density at radius 3 is 2.23 bits per heavy atom. The number of hydrogen-bond acceptors (Lipinski definition) is 4. The van der Waals surface area contributed by atoms with E-state index in [4.69, 9.17) is 0 Å². The van der Waals surface area contributed by atoms with Crippen molar-refractivity contribution in [3.05, 3.63) is 83.4 Å². The number of rotatable bonds is 4. The molecular weight excluding hydrogens is 396 g/mol. The fourth-order valence-corrected chi connectivity index (χ4v) is 4.00. The summed E-state index contributed by atoms with van der Waals surface area (Å²) in [5.74, 6) is -0.208. The summed E-state index contributed by atoms with van der Waals surface area (Å²) in [6.45, 7) is 3.97. The van der Waals surface area contributed by atoms with Gasteiger partial charge < -0.3 is 10.6 Å². The predicted octanol–water partition coefficient (Wildman–Crippen LogP) is 5.81. The molecule has 4 aromatic rings. The van der Waals surface area contributed by atoms with Crippen LogP contribution in [0.2, 0.25) is 0 Å². The number of nitrogens with one attached hydrogen (secondary N) is 3. The van der Waals surface area contributed by atoms with Crippen LogP contribution in [0.15, 0.2) is 66.7 Å². The number of thiazole rings is 1. The Balaban J connectivity index is 1.45. The van der Waals surface area contributed by atoms with E-state index in [1.807, 2.05) is 62.4 Å². The minimum atomic E-state index is -0.327. The summed E-state index contributed by atoms with van der Waals surface area (Å²) in [7, 11) is 0. The number of carbonyl (C=O) groups is 2. The molecule has 1 heterocycles. The van der Waals surface area contributed by atoms with Gasteiger partial charge in [-0.25, -0.2) is 9.78 Å². The van der Waals surface area contributed by atoms with E-state index in [9.17, 15) is 9.59 Å². The number of aromatic nitrogens is 1. The lowest BCUT2D eigenvalue weighted by atomic mass is 10.1. The maximum absolute atomic E-state index is 12.4. The number of benzene rings is 3. The van der Waals surface area contributed by atoms with Gasteiger partial charge in [-0.2, -0.15) is 0 Å². The van der Waals surface area contributed by atoms with E-state index < -0.39 is 0 Å². The smallest absolute Gasteiger partial charge is 0.308 e. The van der Waals surface area contributed by atoms with E-state index in [2.05, 4.69) is 20.9 Å². The second-order valence-electron chi connectivity index (χ2n) is 6.98. The zero-order valence-electron chi connectivity index (χ0n) is 16.5. The second-order valence-corrected chi connectivity index (χ2v) is 8.01. The van der Waals surface area contributed by atoms with Crippen molar-refractivity contribution < 1.29 is 9.59 Å². The van der Waals surface area contributed by atoms with Crippen LogP contribution >= 0.6 is 11.3 Å². The third-order valence-corrected chi connectivity index (χ3v) is 5.33. The number of urea groups is 1. The predicted molar refractivity (Wildman–Crippen MR) is 123 cm³/mol. The van der Waals surface area contributed by atoms with E-state index in [0.29, 0.717) is 21.9 Å². The van der Waals surface area contributed by atoms with Gasteiger partial charge in [0.2, 0.25) is 0 Å². The first-order valence-corrected chi connectivity index (χ1v) is 10.2. The molecule has 3 N–H and O–H groups in total. The number of carbonyl (C=O) groups excluding carboxylic acids is 2. The van der Waals surface area contributed by atoms with Gasteiger partial charge in [0.1, 0.15) is 0 Å². The Labute approximate surface area is 178 Å². The molecule has 0 bridgehead atoms. The van der Waals surface area contributed by atoms with Crippen LogP contribution < -0.4 is 16.0 Å². The molecule has 0 saturated carbocycles. The zero-order chi connectivity index (χ0) is 21.1. The Morgan fingerprint density at radius 2 is 1.50 bits per heavy atom. The van der Waals surface area contributed by atoms with Gasteiger partial charge in [-0.05, 0) is 67.4 Å². The van der Waals surface area contributed by atoms with Crippen LogP contribution in [0.5, 0.6) is 0 Å². The summed E-state index contributed by atoms with van der Waals surface area (Å²) in [4.78, 5) is 29.1. The van der Waals surface area contributed by atoms with Crippen molar-refractivity contribution in [2.75, 3.05) is 16.0 Å². The summed E-state index contributed by atoms with van der Waals surface area (Å²) < 4.78 is 0.915. The van der Waals surface area contributed by atoms with Crippen molar-refractivity contribution in [1.82, 2.24) is 4.98 Å². The third kappa shape index (κ3) is 4.64. The highest BCUT2D eigenvalue weighted by Gasteiger charge is 2.11. The molecule has 0 radical (unpaired) electrons. The fraction of sp³-hybridized carbons (Fsp3) is 0.0870. The maximum atomic E-state index is 12.4. The van der Waals surface area contributed by atoms with Crippen LogP contribution in [-0.2, 0) is 0 Å². The van der Waals surface area contributed by atoms with Gasteiger partial charge in [0.15, 0.2) is 5.13 Å². The van der Waals surface area contributed by atoms with E-state index >= 15 is 0 Å². The summed E-state index contributed by atoms with van der Waals surface area (Å²) >= 11 is 1.38. The molecule has 0 atom stereocenters. The molecule has 0 aliphatic carbocycles. The van der Waals surface area contributed by atoms with E-state index in [-0.39, 0.29) is 11.9 Å². The van der Waals surface area contributed by atoms with Gasteiger partial charge in [0.25, 0.3) is 5.91 Å². The van der Waals surface area contributed by atoms with Crippen molar-refractivity contribution in [3.8, 4) is 0 Å². The second kappa shape index (κ2) is 8.34. The molecule has 0 unspecified atom stereocenters. The number of fused-ring (bicyclic) bond motifs is 1. The first-order valence-electron chi connectivity index (χ1n) is 9.39. The Kier molecular flexibility index (Phi) is 5.45. The summed E-state index contributed by atoms with van der Waals surface area (Å²) in [5.41, 5.74) is 4.80. The molecule has 0 spiro atoms. The quantitative estimate of drug-likeness (QED) is 0.393. The van der Waals surface area contributed by atoms with Gasteiger partial charge in [-0.3, -0.25) is 10.1 Å². The third-order valence-electron chi connectivity index (χ3n) is 4.38. The van der Waals surface area contributed by atoms with Crippen LogP contribution in [0.4, 0.5) is 21.3 Å². The summed E-state index contributed by atoms with van der Waals surface area (Å²) in [6.07, 6.45) is 0. The monoisotopic (exact) mass is 416 g/mol. The molecule has 6 nitrogen and oxygen atoms in total. The minimum absolute atomic E-state index is 0.208. The summed E-state index contributed by atoms with van der Waals surface area (Å²) in [5, 5.41) is 9.00. The highest BCUT2D eigenvalue weighted by atomic mass is 32.1. The largest absolute Gasteiger partial charge is 0.323 e. The van der Waals surface area contributed by atoms with Crippen molar-refractivity contribution in [2.45, 2.75) is 13.8 Å². The number of aryl methyl sites for hydroxylation is 2. The molecule has 0 fully saturated rings. The molecule has 3 aromatic carbocycles. The average molecular weight is 417 g/mol. The van der Waals surface area contributed by atoms with Crippen LogP contribution in [-0.4, -0.2) is 16.9 Å². The lowest BCUT2D eigenvalue weighted by Gasteiger charge is -2.09. The van der Waals surface area contributed by atoms with Gasteiger partial charge in [-0.15, -0.1) is 0 Å². The van der Waals surface area contributed by atoms with Crippen LogP contribution in [0, 0.1) is 13.8 Å². The Hall–Kier alpha value is -3.71. The van der Waals surface area contributed by atoms with Gasteiger partial charge in [-0.1, -0.05) is 35.6 Å².